The third kappa shape index (κ3) is 6.40. The molecule has 0 atom stereocenters. The fourth-order valence-corrected chi connectivity index (χ4v) is 6.61. The summed E-state index contributed by atoms with van der Waals surface area (Å²) in [6.07, 6.45) is 6.01. The van der Waals surface area contributed by atoms with Crippen molar-refractivity contribution in [2.24, 2.45) is 0 Å². The normalized spacial score (nSPS) is 17.1. The summed E-state index contributed by atoms with van der Waals surface area (Å²) in [6, 6.07) is 6.95. The van der Waals surface area contributed by atoms with Gasteiger partial charge in [-0.05, 0) is 42.8 Å². The van der Waals surface area contributed by atoms with E-state index in [1.807, 2.05) is 12.1 Å². The van der Waals surface area contributed by atoms with Crippen molar-refractivity contribution in [1.82, 2.24) is 35.0 Å². The van der Waals surface area contributed by atoms with Gasteiger partial charge in [0.2, 0.25) is 5.16 Å². The summed E-state index contributed by atoms with van der Waals surface area (Å²) < 4.78 is 22.8. The van der Waals surface area contributed by atoms with Gasteiger partial charge >= 0.3 is 6.03 Å². The Balaban J connectivity index is 1.11. The second-order valence-corrected chi connectivity index (χ2v) is 11.7. The number of benzene rings is 1. The van der Waals surface area contributed by atoms with Crippen LogP contribution in [0.1, 0.15) is 32.1 Å². The van der Waals surface area contributed by atoms with Crippen molar-refractivity contribution in [3.05, 3.63) is 30.1 Å². The molecule has 3 N–H and O–H groups in total. The number of carbonyl (C=O) groups is 1. The van der Waals surface area contributed by atoms with Crippen LogP contribution < -0.4 is 16.0 Å². The topological polar surface area (TPSA) is 122 Å². The van der Waals surface area contributed by atoms with Crippen molar-refractivity contribution >= 4 is 55.9 Å². The van der Waals surface area contributed by atoms with Gasteiger partial charge in [-0.15, -0.1) is 15.3 Å². The molecular weight excluding hydrogens is 541 g/mol. The molecule has 1 aliphatic carbocycles. The number of rotatable bonds is 8. The van der Waals surface area contributed by atoms with Crippen LogP contribution in [0.5, 0.6) is 0 Å². The molecule has 2 fully saturated rings. The molecule has 4 heterocycles. The Hall–Kier alpha value is -3.07. The molecule has 2 amide bonds. The number of aromatic nitrogens is 5. The number of hydrogen-bond donors (Lipinski definition) is 3. The summed E-state index contributed by atoms with van der Waals surface area (Å²) in [5.74, 6) is 0.334. The molecule has 1 saturated heterocycles. The Bertz CT molecular complexity index is 1450. The van der Waals surface area contributed by atoms with Crippen LogP contribution in [0.15, 0.2) is 34.3 Å². The number of nitrogens with one attached hydrogen (secondary N) is 3. The molecule has 4 aromatic rings. The number of thiazole rings is 1. The van der Waals surface area contributed by atoms with E-state index in [-0.39, 0.29) is 6.03 Å². The highest BCUT2D eigenvalue weighted by atomic mass is 32.2. The van der Waals surface area contributed by atoms with Gasteiger partial charge in [0.05, 0.1) is 28.3 Å². The number of morpholine rings is 1. The first-order valence-corrected chi connectivity index (χ1v) is 14.9. The quantitative estimate of drug-likeness (QED) is 0.285. The van der Waals surface area contributed by atoms with E-state index in [0.29, 0.717) is 38.9 Å². The molecular formula is C25H30FN9O2S2. The van der Waals surface area contributed by atoms with E-state index >= 15 is 4.39 Å². The van der Waals surface area contributed by atoms with Gasteiger partial charge in [0.25, 0.3) is 0 Å². The SMILES string of the molecule is O=C(NCCN1CCOCC1)Nc1nc2cc(F)c(Sc3nnc4ccc(NC5CCCCC5)nn34)cc2s1. The van der Waals surface area contributed by atoms with E-state index in [1.54, 1.807) is 10.6 Å². The summed E-state index contributed by atoms with van der Waals surface area (Å²) in [4.78, 5) is 19.4. The van der Waals surface area contributed by atoms with Crippen molar-refractivity contribution in [1.29, 1.82) is 0 Å². The van der Waals surface area contributed by atoms with Crippen LogP contribution in [0.3, 0.4) is 0 Å². The third-order valence-corrected chi connectivity index (χ3v) is 8.78. The van der Waals surface area contributed by atoms with E-state index in [4.69, 9.17) is 4.74 Å². The van der Waals surface area contributed by atoms with Crippen LogP contribution >= 0.6 is 23.1 Å². The summed E-state index contributed by atoms with van der Waals surface area (Å²) in [5, 5.41) is 23.1. The molecule has 6 rings (SSSR count). The minimum atomic E-state index is -0.424. The number of fused-ring (bicyclic) bond motifs is 2. The monoisotopic (exact) mass is 571 g/mol. The zero-order chi connectivity index (χ0) is 26.6. The second kappa shape index (κ2) is 12.0. The van der Waals surface area contributed by atoms with Gasteiger partial charge in [-0.25, -0.2) is 14.2 Å². The van der Waals surface area contributed by atoms with Crippen LogP contribution in [0.4, 0.5) is 20.1 Å². The van der Waals surface area contributed by atoms with Crippen molar-refractivity contribution in [3.63, 3.8) is 0 Å². The Morgan fingerprint density at radius 1 is 1.15 bits per heavy atom. The number of anilines is 2. The van der Waals surface area contributed by atoms with Crippen LogP contribution in [-0.4, -0.2) is 81.2 Å². The molecule has 1 aromatic carbocycles. The van der Waals surface area contributed by atoms with E-state index < -0.39 is 5.82 Å². The van der Waals surface area contributed by atoms with Gasteiger partial charge < -0.3 is 15.4 Å². The van der Waals surface area contributed by atoms with E-state index in [0.717, 1.165) is 68.0 Å². The molecule has 2 aliphatic rings. The van der Waals surface area contributed by atoms with Crippen molar-refractivity contribution in [3.8, 4) is 0 Å². The van der Waals surface area contributed by atoms with Gasteiger partial charge in [-0.2, -0.15) is 4.52 Å². The molecule has 11 nitrogen and oxygen atoms in total. The highest BCUT2D eigenvalue weighted by Gasteiger charge is 2.18. The van der Waals surface area contributed by atoms with E-state index in [1.165, 1.54) is 36.7 Å². The smallest absolute Gasteiger partial charge is 0.321 e. The van der Waals surface area contributed by atoms with Gasteiger partial charge in [0.15, 0.2) is 10.8 Å². The minimum absolute atomic E-state index is 0.337. The van der Waals surface area contributed by atoms with Crippen molar-refractivity contribution in [2.75, 3.05) is 50.0 Å². The number of nitrogens with zero attached hydrogens (tertiary/aromatic N) is 6. The zero-order valence-electron chi connectivity index (χ0n) is 21.4. The maximum atomic E-state index is 15.1. The highest BCUT2D eigenvalue weighted by molar-refractivity contribution is 7.99. The molecule has 0 spiro atoms. The average molecular weight is 572 g/mol. The summed E-state index contributed by atoms with van der Waals surface area (Å²) in [6.45, 7) is 4.45. The molecule has 0 radical (unpaired) electrons. The Labute approximate surface area is 232 Å². The fourth-order valence-electron chi connectivity index (χ4n) is 4.82. The molecule has 0 unspecified atom stereocenters. The standard InChI is InChI=1S/C25H30FN9O2S2/c26-17-14-18-20(38-24(29-18)30-23(36)27-8-9-34-10-12-37-13-11-34)15-19(17)39-25-32-31-22-7-6-21(33-35(22)25)28-16-4-2-1-3-5-16/h6-7,14-16H,1-5,8-13H2,(H,28,33)(H2,27,29,30,36). The summed E-state index contributed by atoms with van der Waals surface area (Å²) >= 11 is 2.45. The summed E-state index contributed by atoms with van der Waals surface area (Å²) in [7, 11) is 0. The number of urea groups is 1. The number of halogens is 1. The van der Waals surface area contributed by atoms with Crippen LogP contribution in [0.2, 0.25) is 0 Å². The minimum Gasteiger partial charge on any atom is -0.379 e. The first kappa shape index (κ1) is 26.2. The van der Waals surface area contributed by atoms with Crippen LogP contribution in [0, 0.1) is 5.82 Å². The number of carbonyl (C=O) groups excluding carboxylic acids is 1. The van der Waals surface area contributed by atoms with Crippen molar-refractivity contribution < 1.29 is 13.9 Å². The maximum absolute atomic E-state index is 15.1. The predicted molar refractivity (Wildman–Crippen MR) is 149 cm³/mol. The average Bonchev–Trinajstić information content (AvgIpc) is 3.52. The zero-order valence-corrected chi connectivity index (χ0v) is 23.0. The lowest BCUT2D eigenvalue weighted by atomic mass is 9.95. The lowest BCUT2D eigenvalue weighted by molar-refractivity contribution is 0.0388. The Morgan fingerprint density at radius 2 is 2.00 bits per heavy atom. The lowest BCUT2D eigenvalue weighted by Crippen LogP contribution is -2.42. The van der Waals surface area contributed by atoms with E-state index in [2.05, 4.69) is 41.1 Å². The Kier molecular flexibility index (Phi) is 8.04. The molecule has 206 valence electrons. The molecule has 3 aromatic heterocycles. The van der Waals surface area contributed by atoms with Crippen LogP contribution in [-0.2, 0) is 4.74 Å². The fraction of sp³-hybridized carbons (Fsp3) is 0.480. The van der Waals surface area contributed by atoms with Crippen molar-refractivity contribution in [2.45, 2.75) is 48.2 Å². The number of hydrogen-bond acceptors (Lipinski definition) is 10. The van der Waals surface area contributed by atoms with Gasteiger partial charge in [0.1, 0.15) is 11.6 Å². The summed E-state index contributed by atoms with van der Waals surface area (Å²) in [5.41, 5.74) is 1.07. The third-order valence-electron chi connectivity index (χ3n) is 6.87. The highest BCUT2D eigenvalue weighted by Crippen LogP contribution is 2.35. The maximum Gasteiger partial charge on any atom is 0.321 e. The van der Waals surface area contributed by atoms with Gasteiger partial charge in [0, 0.05) is 38.3 Å². The Morgan fingerprint density at radius 3 is 2.85 bits per heavy atom. The second-order valence-electron chi connectivity index (χ2n) is 9.66. The molecule has 1 aliphatic heterocycles. The first-order valence-electron chi connectivity index (χ1n) is 13.2. The molecule has 14 heteroatoms. The van der Waals surface area contributed by atoms with Crippen LogP contribution in [0.25, 0.3) is 15.9 Å². The molecule has 39 heavy (non-hydrogen) atoms. The molecule has 1 saturated carbocycles. The number of ether oxygens (including phenoxy) is 1. The van der Waals surface area contributed by atoms with Gasteiger partial charge in [-0.1, -0.05) is 30.6 Å². The first-order chi connectivity index (χ1) is 19.1. The van der Waals surface area contributed by atoms with E-state index in [9.17, 15) is 4.79 Å². The predicted octanol–water partition coefficient (Wildman–Crippen LogP) is 4.22. The van der Waals surface area contributed by atoms with Gasteiger partial charge in [-0.3, -0.25) is 10.2 Å². The molecule has 0 bridgehead atoms. The largest absolute Gasteiger partial charge is 0.379 e. The number of amides is 2. The lowest BCUT2D eigenvalue weighted by Gasteiger charge is -2.26.